The minimum Gasteiger partial charge on any atom is -0.483 e. The van der Waals surface area contributed by atoms with Crippen LogP contribution >= 0.6 is 27.7 Å². The van der Waals surface area contributed by atoms with Crippen LogP contribution < -0.4 is 10.1 Å². The minimum absolute atomic E-state index is 0.168. The Hall–Kier alpha value is -5.26. The SMILES string of the molecule is O=C(COc1ccc(Br)cc1/C=C1\S/C(=N\N=C\c2ccc(-c3ccccc3)cc2)N(Cc2ccco2)C1=O)Nc1ccc(F)cc1. The summed E-state index contributed by atoms with van der Waals surface area (Å²) in [6, 6.07) is 32.3. The molecule has 1 fully saturated rings. The molecule has 5 aromatic rings. The average molecular weight is 710 g/mol. The van der Waals surface area contributed by atoms with Crippen LogP contribution in [0.25, 0.3) is 17.2 Å². The molecule has 1 aromatic heterocycles. The Morgan fingerprint density at radius 1 is 0.957 bits per heavy atom. The summed E-state index contributed by atoms with van der Waals surface area (Å²) in [5.74, 6) is -0.124. The van der Waals surface area contributed by atoms with Crippen molar-refractivity contribution in [2.75, 3.05) is 11.9 Å². The molecule has 2 amide bonds. The van der Waals surface area contributed by atoms with Gasteiger partial charge in [0.25, 0.3) is 11.8 Å². The van der Waals surface area contributed by atoms with Crippen molar-refractivity contribution < 1.29 is 23.1 Å². The first kappa shape index (κ1) is 31.7. The fourth-order valence-electron chi connectivity index (χ4n) is 4.60. The van der Waals surface area contributed by atoms with Crippen molar-refractivity contribution >= 4 is 62.7 Å². The lowest BCUT2D eigenvalue weighted by Crippen LogP contribution is -2.28. The third-order valence-corrected chi connectivity index (χ3v) is 8.39. The van der Waals surface area contributed by atoms with Gasteiger partial charge in [0.1, 0.15) is 17.3 Å². The fraction of sp³-hybridized carbons (Fsp3) is 0.0556. The first-order valence-electron chi connectivity index (χ1n) is 14.4. The number of amides is 2. The highest BCUT2D eigenvalue weighted by Gasteiger charge is 2.34. The predicted octanol–water partition coefficient (Wildman–Crippen LogP) is 8.37. The molecule has 1 aliphatic heterocycles. The summed E-state index contributed by atoms with van der Waals surface area (Å²) in [5, 5.41) is 11.7. The number of hydrogen-bond acceptors (Lipinski definition) is 7. The number of rotatable bonds is 10. The van der Waals surface area contributed by atoms with Crippen LogP contribution in [0, 0.1) is 5.82 Å². The highest BCUT2D eigenvalue weighted by atomic mass is 79.9. The van der Waals surface area contributed by atoms with E-state index in [1.165, 1.54) is 40.9 Å². The smallest absolute Gasteiger partial charge is 0.267 e. The van der Waals surface area contributed by atoms with E-state index in [4.69, 9.17) is 9.15 Å². The summed E-state index contributed by atoms with van der Waals surface area (Å²) in [5.41, 5.74) is 4.09. The number of nitrogens with one attached hydrogen (secondary N) is 1. The molecule has 0 unspecified atom stereocenters. The second kappa shape index (κ2) is 14.9. The molecule has 0 bridgehead atoms. The van der Waals surface area contributed by atoms with Gasteiger partial charge in [0.2, 0.25) is 0 Å². The number of benzene rings is 4. The zero-order chi connectivity index (χ0) is 32.6. The van der Waals surface area contributed by atoms with Crippen molar-refractivity contribution in [3.8, 4) is 16.9 Å². The van der Waals surface area contributed by atoms with Crippen LogP contribution in [0.1, 0.15) is 16.9 Å². The van der Waals surface area contributed by atoms with Crippen molar-refractivity contribution in [3.63, 3.8) is 0 Å². The van der Waals surface area contributed by atoms with E-state index in [1.807, 2.05) is 42.5 Å². The van der Waals surface area contributed by atoms with Crippen LogP contribution in [0.3, 0.4) is 0 Å². The second-order valence-corrected chi connectivity index (χ2v) is 12.1. The van der Waals surface area contributed by atoms with Crippen molar-refractivity contribution in [1.29, 1.82) is 0 Å². The van der Waals surface area contributed by atoms with Crippen molar-refractivity contribution in [2.24, 2.45) is 10.2 Å². The predicted molar refractivity (Wildman–Crippen MR) is 186 cm³/mol. The molecule has 2 heterocycles. The van der Waals surface area contributed by atoms with Crippen LogP contribution in [0.15, 0.2) is 139 Å². The van der Waals surface area contributed by atoms with Gasteiger partial charge in [-0.25, -0.2) is 4.39 Å². The number of nitrogens with zero attached hydrogens (tertiary/aromatic N) is 3. The molecule has 4 aromatic carbocycles. The van der Waals surface area contributed by atoms with E-state index in [0.29, 0.717) is 32.8 Å². The van der Waals surface area contributed by atoms with Gasteiger partial charge < -0.3 is 14.5 Å². The third kappa shape index (κ3) is 8.32. The fourth-order valence-corrected chi connectivity index (χ4v) is 5.90. The molecule has 11 heteroatoms. The maximum absolute atomic E-state index is 13.7. The average Bonchev–Trinajstić information content (AvgIpc) is 3.70. The van der Waals surface area contributed by atoms with Gasteiger partial charge in [-0.1, -0.05) is 70.5 Å². The quantitative estimate of drug-likeness (QED) is 0.0894. The van der Waals surface area contributed by atoms with E-state index in [2.05, 4.69) is 43.6 Å². The molecule has 47 heavy (non-hydrogen) atoms. The molecular weight excluding hydrogens is 683 g/mol. The molecule has 0 spiro atoms. The lowest BCUT2D eigenvalue weighted by Gasteiger charge is -2.13. The Morgan fingerprint density at radius 3 is 2.47 bits per heavy atom. The number of anilines is 1. The van der Waals surface area contributed by atoms with E-state index in [1.54, 1.807) is 48.9 Å². The Morgan fingerprint density at radius 2 is 1.72 bits per heavy atom. The van der Waals surface area contributed by atoms with E-state index < -0.39 is 11.7 Å². The third-order valence-electron chi connectivity index (χ3n) is 6.90. The van der Waals surface area contributed by atoms with Crippen LogP contribution in [-0.4, -0.2) is 34.7 Å². The number of furan rings is 1. The number of halogens is 2. The van der Waals surface area contributed by atoms with E-state index >= 15 is 0 Å². The maximum atomic E-state index is 13.7. The van der Waals surface area contributed by atoms with Crippen LogP contribution in [0.2, 0.25) is 0 Å². The van der Waals surface area contributed by atoms with Gasteiger partial charge in [0.15, 0.2) is 11.8 Å². The number of thioether (sulfide) groups is 1. The minimum atomic E-state index is -0.420. The van der Waals surface area contributed by atoms with Gasteiger partial charge in [-0.05, 0) is 89.1 Å². The summed E-state index contributed by atoms with van der Waals surface area (Å²) in [6.07, 6.45) is 4.87. The van der Waals surface area contributed by atoms with E-state index in [9.17, 15) is 14.0 Å². The molecule has 8 nitrogen and oxygen atoms in total. The lowest BCUT2D eigenvalue weighted by molar-refractivity contribution is -0.122. The molecule has 234 valence electrons. The normalized spacial score (nSPS) is 14.8. The van der Waals surface area contributed by atoms with Crippen LogP contribution in [-0.2, 0) is 16.1 Å². The van der Waals surface area contributed by atoms with Crippen LogP contribution in [0.4, 0.5) is 10.1 Å². The van der Waals surface area contributed by atoms with E-state index in [-0.39, 0.29) is 19.1 Å². The molecule has 1 aliphatic rings. The molecule has 0 aliphatic carbocycles. The first-order valence-corrected chi connectivity index (χ1v) is 16.0. The summed E-state index contributed by atoms with van der Waals surface area (Å²) in [6.45, 7) is -0.129. The molecule has 6 rings (SSSR count). The summed E-state index contributed by atoms with van der Waals surface area (Å²) < 4.78 is 25.3. The van der Waals surface area contributed by atoms with Gasteiger partial charge in [0.05, 0.1) is 23.9 Å². The first-order chi connectivity index (χ1) is 22.9. The monoisotopic (exact) mass is 708 g/mol. The van der Waals surface area contributed by atoms with Gasteiger partial charge in [-0.3, -0.25) is 14.5 Å². The maximum Gasteiger partial charge on any atom is 0.267 e. The van der Waals surface area contributed by atoms with Crippen LogP contribution in [0.5, 0.6) is 5.75 Å². The molecule has 1 saturated heterocycles. The Kier molecular flexibility index (Phi) is 10.0. The molecule has 0 saturated carbocycles. The van der Waals surface area contributed by atoms with Gasteiger partial charge in [-0.2, -0.15) is 5.10 Å². The van der Waals surface area contributed by atoms with E-state index in [0.717, 1.165) is 21.2 Å². The standard InChI is InChI=1S/C36H26BrFN4O4S/c37-28-12-17-32(46-23-34(43)40-30-15-13-29(38)14-16-30)27(19-28)20-33-35(44)42(22-31-7-4-18-45-31)36(47-33)41-39-21-24-8-10-26(11-9-24)25-5-2-1-3-6-25/h1-21H,22-23H2,(H,40,43)/b33-20-,39-21+,41-36-. The van der Waals surface area contributed by atoms with Gasteiger partial charge >= 0.3 is 0 Å². The highest BCUT2D eigenvalue weighted by Crippen LogP contribution is 2.36. The molecule has 0 atom stereocenters. The van der Waals surface area contributed by atoms with Gasteiger partial charge in [-0.15, -0.1) is 5.10 Å². The zero-order valence-electron chi connectivity index (χ0n) is 24.7. The number of carbonyl (C=O) groups excluding carboxylic acids is 2. The Balaban J connectivity index is 1.20. The summed E-state index contributed by atoms with van der Waals surface area (Å²) in [7, 11) is 0. The molecule has 1 N–H and O–H groups in total. The summed E-state index contributed by atoms with van der Waals surface area (Å²) >= 11 is 4.65. The summed E-state index contributed by atoms with van der Waals surface area (Å²) in [4.78, 5) is 28.1. The van der Waals surface area contributed by atoms with Crippen molar-refractivity contribution in [1.82, 2.24) is 4.90 Å². The topological polar surface area (TPSA) is 96.5 Å². The van der Waals surface area contributed by atoms with Crippen molar-refractivity contribution in [3.05, 3.63) is 148 Å². The Labute approximate surface area is 282 Å². The number of ether oxygens (including phenoxy) is 1. The Bertz CT molecular complexity index is 1960. The number of hydrogen-bond donors (Lipinski definition) is 1. The van der Waals surface area contributed by atoms with Gasteiger partial charge in [0, 0.05) is 15.7 Å². The molecular formula is C36H26BrFN4O4S. The second-order valence-electron chi connectivity index (χ2n) is 10.2. The number of amidine groups is 1. The zero-order valence-corrected chi connectivity index (χ0v) is 27.1. The molecule has 0 radical (unpaired) electrons. The lowest BCUT2D eigenvalue weighted by atomic mass is 10.0. The van der Waals surface area contributed by atoms with Crippen molar-refractivity contribution in [2.45, 2.75) is 6.54 Å². The largest absolute Gasteiger partial charge is 0.483 e. The highest BCUT2D eigenvalue weighted by molar-refractivity contribution is 9.10. The number of carbonyl (C=O) groups is 2.